The van der Waals surface area contributed by atoms with E-state index in [0.717, 1.165) is 18.1 Å². The maximum Gasteiger partial charge on any atom is 0.170 e. The van der Waals surface area contributed by atoms with Crippen LogP contribution < -0.4 is 4.74 Å². The summed E-state index contributed by atoms with van der Waals surface area (Å²) in [5.41, 5.74) is 0.469. The maximum absolute atomic E-state index is 12.3. The molecule has 0 saturated heterocycles. The number of carbonyl (C=O) groups excluding carboxylic acids is 1. The molecule has 0 amide bonds. The molecular formula is C15H15ClO2. The Balaban J connectivity index is 1.76. The molecule has 3 unspecified atom stereocenters. The summed E-state index contributed by atoms with van der Waals surface area (Å²) in [7, 11) is 0. The molecule has 2 saturated carbocycles. The van der Waals surface area contributed by atoms with E-state index in [4.69, 9.17) is 16.3 Å². The van der Waals surface area contributed by atoms with Gasteiger partial charge in [0.25, 0.3) is 0 Å². The molecule has 2 fully saturated rings. The van der Waals surface area contributed by atoms with Gasteiger partial charge in [0.1, 0.15) is 11.4 Å². The van der Waals surface area contributed by atoms with Crippen molar-refractivity contribution in [2.75, 3.05) is 0 Å². The zero-order valence-corrected chi connectivity index (χ0v) is 10.9. The van der Waals surface area contributed by atoms with Crippen molar-refractivity contribution >= 4 is 17.4 Å². The highest BCUT2D eigenvalue weighted by Crippen LogP contribution is 2.56. The number of fused-ring (bicyclic) bond motifs is 4. The molecule has 4 rings (SSSR count). The molecule has 18 heavy (non-hydrogen) atoms. The third-order valence-electron chi connectivity index (χ3n) is 4.93. The summed E-state index contributed by atoms with van der Waals surface area (Å²) in [6, 6.07) is 5.39. The molecule has 1 aromatic rings. The fourth-order valence-electron chi connectivity index (χ4n) is 4.17. The minimum absolute atomic E-state index is 0.194. The van der Waals surface area contributed by atoms with Crippen molar-refractivity contribution in [2.24, 2.45) is 11.8 Å². The largest absolute Gasteiger partial charge is 0.486 e. The first kappa shape index (κ1) is 10.9. The van der Waals surface area contributed by atoms with Crippen LogP contribution in [0.3, 0.4) is 0 Å². The predicted octanol–water partition coefficient (Wildman–Crippen LogP) is 3.86. The highest BCUT2D eigenvalue weighted by atomic mass is 35.5. The number of hydrogen-bond donors (Lipinski definition) is 0. The zero-order valence-electron chi connectivity index (χ0n) is 10.1. The molecule has 0 aromatic heterocycles. The highest BCUT2D eigenvalue weighted by Gasteiger charge is 2.55. The van der Waals surface area contributed by atoms with Crippen molar-refractivity contribution in [3.05, 3.63) is 28.8 Å². The van der Waals surface area contributed by atoms with Crippen LogP contribution in [-0.2, 0) is 0 Å². The molecule has 1 heterocycles. The second-order valence-electron chi connectivity index (χ2n) is 5.99. The fourth-order valence-corrected chi connectivity index (χ4v) is 4.34. The number of rotatable bonds is 0. The summed E-state index contributed by atoms with van der Waals surface area (Å²) >= 11 is 5.95. The molecule has 1 aromatic carbocycles. The Morgan fingerprint density at radius 2 is 2.22 bits per heavy atom. The van der Waals surface area contributed by atoms with Crippen molar-refractivity contribution in [3.63, 3.8) is 0 Å². The second-order valence-corrected chi connectivity index (χ2v) is 6.42. The molecule has 1 spiro atoms. The van der Waals surface area contributed by atoms with E-state index < -0.39 is 0 Å². The highest BCUT2D eigenvalue weighted by molar-refractivity contribution is 6.31. The van der Waals surface area contributed by atoms with Gasteiger partial charge < -0.3 is 4.74 Å². The van der Waals surface area contributed by atoms with Crippen LogP contribution in [0.1, 0.15) is 42.5 Å². The number of Topliss-reactive ketones (excluding diaryl/α,β-unsaturated/α-hetero) is 1. The first-order valence-electron chi connectivity index (χ1n) is 6.68. The SMILES string of the molecule is O=C1CC2(CC3CCC2C3)Oc2ccc(Cl)cc21. The lowest BCUT2D eigenvalue weighted by Gasteiger charge is -2.41. The fraction of sp³-hybridized carbons (Fsp3) is 0.533. The molecule has 0 radical (unpaired) electrons. The number of hydrogen-bond acceptors (Lipinski definition) is 2. The number of ketones is 1. The van der Waals surface area contributed by atoms with Crippen LogP contribution >= 0.6 is 11.6 Å². The maximum atomic E-state index is 12.3. The summed E-state index contributed by atoms with van der Waals surface area (Å²) in [5, 5.41) is 0.606. The monoisotopic (exact) mass is 262 g/mol. The smallest absolute Gasteiger partial charge is 0.170 e. The van der Waals surface area contributed by atoms with Crippen LogP contribution in [0.25, 0.3) is 0 Å². The quantitative estimate of drug-likeness (QED) is 0.710. The standard InChI is InChI=1S/C15H15ClO2/c16-11-3-4-14-12(6-11)13(17)8-15(18-14)7-9-1-2-10(15)5-9/h3-4,6,9-10H,1-2,5,7-8H2. The Hall–Kier alpha value is -1.02. The van der Waals surface area contributed by atoms with Crippen molar-refractivity contribution in [1.82, 2.24) is 0 Å². The molecule has 94 valence electrons. The summed E-state index contributed by atoms with van der Waals surface area (Å²) in [5.74, 6) is 2.29. The third kappa shape index (κ3) is 1.38. The van der Waals surface area contributed by atoms with E-state index in [1.807, 2.05) is 6.07 Å². The minimum Gasteiger partial charge on any atom is -0.486 e. The number of ether oxygens (including phenoxy) is 1. The van der Waals surface area contributed by atoms with Gasteiger partial charge in [0.2, 0.25) is 0 Å². The lowest BCUT2D eigenvalue weighted by atomic mass is 9.77. The van der Waals surface area contributed by atoms with Gasteiger partial charge in [-0.05, 0) is 55.7 Å². The van der Waals surface area contributed by atoms with E-state index in [1.165, 1.54) is 19.3 Å². The van der Waals surface area contributed by atoms with E-state index >= 15 is 0 Å². The van der Waals surface area contributed by atoms with Gasteiger partial charge in [-0.15, -0.1) is 0 Å². The van der Waals surface area contributed by atoms with Crippen LogP contribution in [0.2, 0.25) is 5.02 Å². The van der Waals surface area contributed by atoms with Crippen LogP contribution in [0.15, 0.2) is 18.2 Å². The van der Waals surface area contributed by atoms with Crippen LogP contribution in [0.4, 0.5) is 0 Å². The second kappa shape index (κ2) is 3.51. The first-order valence-corrected chi connectivity index (χ1v) is 7.06. The van der Waals surface area contributed by atoms with Gasteiger partial charge in [-0.2, -0.15) is 0 Å². The summed E-state index contributed by atoms with van der Waals surface area (Å²) in [6.07, 6.45) is 5.39. The Kier molecular flexibility index (Phi) is 2.12. The van der Waals surface area contributed by atoms with Crippen molar-refractivity contribution in [2.45, 2.75) is 37.7 Å². The summed E-state index contributed by atoms with van der Waals surface area (Å²) in [4.78, 5) is 12.3. The molecule has 3 aliphatic rings. The summed E-state index contributed by atoms with van der Waals surface area (Å²) < 4.78 is 6.26. The third-order valence-corrected chi connectivity index (χ3v) is 5.17. The molecule has 3 heteroatoms. The molecule has 3 atom stereocenters. The average Bonchev–Trinajstić information content (AvgIpc) is 2.91. The molecule has 2 aliphatic carbocycles. The normalized spacial score (nSPS) is 36.8. The molecule has 0 N–H and O–H groups in total. The number of halogens is 1. The van der Waals surface area contributed by atoms with Crippen LogP contribution in [-0.4, -0.2) is 11.4 Å². The number of benzene rings is 1. The van der Waals surface area contributed by atoms with Gasteiger partial charge >= 0.3 is 0 Å². The topological polar surface area (TPSA) is 26.3 Å². The predicted molar refractivity (Wildman–Crippen MR) is 69.2 cm³/mol. The van der Waals surface area contributed by atoms with Crippen LogP contribution in [0, 0.1) is 11.8 Å². The molecule has 1 aliphatic heterocycles. The zero-order chi connectivity index (χ0) is 12.3. The molecule has 2 nitrogen and oxygen atoms in total. The van der Waals surface area contributed by atoms with Crippen molar-refractivity contribution in [3.8, 4) is 5.75 Å². The van der Waals surface area contributed by atoms with Gasteiger partial charge in [0, 0.05) is 5.02 Å². The van der Waals surface area contributed by atoms with E-state index in [2.05, 4.69) is 0 Å². The van der Waals surface area contributed by atoms with Crippen molar-refractivity contribution < 1.29 is 9.53 Å². The van der Waals surface area contributed by atoms with E-state index in [9.17, 15) is 4.79 Å². The Morgan fingerprint density at radius 3 is 2.94 bits per heavy atom. The lowest BCUT2D eigenvalue weighted by molar-refractivity contribution is -0.000485. The molecule has 2 bridgehead atoms. The Bertz CT molecular complexity index is 539. The van der Waals surface area contributed by atoms with Gasteiger partial charge in [0.15, 0.2) is 5.78 Å². The molecular weight excluding hydrogens is 248 g/mol. The van der Waals surface area contributed by atoms with E-state index in [0.29, 0.717) is 22.9 Å². The van der Waals surface area contributed by atoms with E-state index in [1.54, 1.807) is 12.1 Å². The van der Waals surface area contributed by atoms with Gasteiger partial charge in [-0.1, -0.05) is 11.6 Å². The summed E-state index contributed by atoms with van der Waals surface area (Å²) in [6.45, 7) is 0. The first-order chi connectivity index (χ1) is 8.66. The number of carbonyl (C=O) groups is 1. The van der Waals surface area contributed by atoms with E-state index in [-0.39, 0.29) is 11.4 Å². The van der Waals surface area contributed by atoms with Gasteiger partial charge in [-0.3, -0.25) is 4.79 Å². The van der Waals surface area contributed by atoms with Gasteiger partial charge in [0.05, 0.1) is 12.0 Å². The minimum atomic E-state index is -0.194. The van der Waals surface area contributed by atoms with Crippen molar-refractivity contribution in [1.29, 1.82) is 0 Å². The van der Waals surface area contributed by atoms with Gasteiger partial charge in [-0.25, -0.2) is 0 Å². The Labute approximate surface area is 111 Å². The Morgan fingerprint density at radius 1 is 1.33 bits per heavy atom. The lowest BCUT2D eigenvalue weighted by Crippen LogP contribution is -2.46. The van der Waals surface area contributed by atoms with Crippen LogP contribution in [0.5, 0.6) is 5.75 Å². The average molecular weight is 263 g/mol.